The SMILES string of the molecule is NC(N)=NC(N)=NCCc1ccc(COCCCCCC[P+]([I-]c2ccccc2)(c2ccccc2)c2ccccc2)cc1. The van der Waals surface area contributed by atoms with Gasteiger partial charge in [-0.2, -0.15) is 4.99 Å². The third kappa shape index (κ3) is 10.8. The summed E-state index contributed by atoms with van der Waals surface area (Å²) in [6.07, 6.45) is 6.79. The van der Waals surface area contributed by atoms with Crippen molar-refractivity contribution in [3.63, 3.8) is 0 Å². The number of hydrogen-bond donors (Lipinski definition) is 3. The minimum absolute atomic E-state index is 0.0832. The van der Waals surface area contributed by atoms with Crippen LogP contribution in [0.15, 0.2) is 125 Å². The third-order valence-electron chi connectivity index (χ3n) is 7.02. The van der Waals surface area contributed by atoms with Crippen molar-refractivity contribution in [3.05, 3.63) is 130 Å². The van der Waals surface area contributed by atoms with E-state index in [1.807, 2.05) is 0 Å². The topological polar surface area (TPSA) is 112 Å². The normalized spacial score (nSPS) is 11.9. The van der Waals surface area contributed by atoms with Crippen LogP contribution in [0.5, 0.6) is 0 Å². The molecule has 8 heteroatoms. The molecule has 0 aromatic heterocycles. The molecule has 0 radical (unpaired) electrons. The Kier molecular flexibility index (Phi) is 13.5. The number of aliphatic imine (C=N–C) groups is 2. The van der Waals surface area contributed by atoms with Gasteiger partial charge in [-0.25, -0.2) is 0 Å². The van der Waals surface area contributed by atoms with Gasteiger partial charge in [-0.3, -0.25) is 4.99 Å². The predicted molar refractivity (Wildman–Crippen MR) is 180 cm³/mol. The van der Waals surface area contributed by atoms with Crippen molar-refractivity contribution in [1.82, 2.24) is 0 Å². The van der Waals surface area contributed by atoms with Gasteiger partial charge in [-0.05, 0) is 12.0 Å². The summed E-state index contributed by atoms with van der Waals surface area (Å²) in [4.78, 5) is 6.39. The first-order valence-corrected chi connectivity index (χ1v) is 20.7. The van der Waals surface area contributed by atoms with Crippen LogP contribution in [0.3, 0.4) is 0 Å². The molecule has 0 saturated carbocycles. The van der Waals surface area contributed by atoms with Crippen molar-refractivity contribution < 1.29 is 25.4 Å². The van der Waals surface area contributed by atoms with E-state index in [-0.39, 0.29) is 32.6 Å². The average Bonchev–Trinajstić information content (AvgIpc) is 3.03. The van der Waals surface area contributed by atoms with Crippen molar-refractivity contribution in [3.8, 4) is 0 Å². The van der Waals surface area contributed by atoms with E-state index in [1.165, 1.54) is 40.1 Å². The van der Waals surface area contributed by atoms with Gasteiger partial charge in [-0.15, -0.1) is 0 Å². The summed E-state index contributed by atoms with van der Waals surface area (Å²) >= 11 is -0.194. The second kappa shape index (κ2) is 17.8. The Hall–Kier alpha value is -3.26. The van der Waals surface area contributed by atoms with Gasteiger partial charge in [0.25, 0.3) is 0 Å². The number of rotatable bonds is 16. The number of unbranched alkanes of at least 4 members (excludes halogenated alkanes) is 3. The number of guanidine groups is 2. The second-order valence-electron chi connectivity index (χ2n) is 10.3. The van der Waals surface area contributed by atoms with Gasteiger partial charge >= 0.3 is 210 Å². The summed E-state index contributed by atoms with van der Waals surface area (Å²) in [5.41, 5.74) is 18.6. The number of halogens is 1. The molecule has 0 spiro atoms. The molecule has 226 valence electrons. The van der Waals surface area contributed by atoms with Gasteiger partial charge in [0.05, 0.1) is 0 Å². The molecule has 0 atom stereocenters. The van der Waals surface area contributed by atoms with Crippen molar-refractivity contribution in [2.24, 2.45) is 27.2 Å². The van der Waals surface area contributed by atoms with E-state index in [9.17, 15) is 0 Å². The fourth-order valence-corrected chi connectivity index (χ4v) is 17.9. The summed E-state index contributed by atoms with van der Waals surface area (Å²) in [6, 6.07) is 42.3. The number of ether oxygens (including phenoxy) is 1. The summed E-state index contributed by atoms with van der Waals surface area (Å²) in [7, 11) is 0. The fourth-order valence-electron chi connectivity index (χ4n) is 4.86. The van der Waals surface area contributed by atoms with Gasteiger partial charge in [0.2, 0.25) is 5.96 Å². The molecule has 6 nitrogen and oxygen atoms in total. The van der Waals surface area contributed by atoms with Gasteiger partial charge in [-0.1, -0.05) is 0 Å². The minimum atomic E-state index is -1.50. The molecule has 4 aromatic carbocycles. The number of hydrogen-bond acceptors (Lipinski definition) is 2. The van der Waals surface area contributed by atoms with E-state index < -0.39 is 4.90 Å². The maximum absolute atomic E-state index is 6.01. The van der Waals surface area contributed by atoms with Crippen LogP contribution in [0, 0.1) is 3.57 Å². The maximum atomic E-state index is 6.01. The van der Waals surface area contributed by atoms with Gasteiger partial charge in [0.15, 0.2) is 5.96 Å². The molecular weight excluding hydrogens is 664 g/mol. The number of nitrogens with zero attached hydrogens (tertiary/aromatic N) is 2. The molecule has 0 aliphatic rings. The van der Waals surface area contributed by atoms with Crippen molar-refractivity contribution in [2.75, 3.05) is 19.3 Å². The Morgan fingerprint density at radius 1 is 0.651 bits per heavy atom. The summed E-state index contributed by atoms with van der Waals surface area (Å²) in [5, 5.41) is 3.10. The van der Waals surface area contributed by atoms with E-state index in [0.29, 0.717) is 13.2 Å². The van der Waals surface area contributed by atoms with Gasteiger partial charge in [0, 0.05) is 6.54 Å². The Labute approximate surface area is 266 Å². The van der Waals surface area contributed by atoms with E-state index in [4.69, 9.17) is 21.9 Å². The zero-order valence-corrected chi connectivity index (χ0v) is 27.7. The van der Waals surface area contributed by atoms with Crippen molar-refractivity contribution >= 4 is 27.4 Å². The molecule has 0 saturated heterocycles. The second-order valence-corrected chi connectivity index (χ2v) is 21.0. The van der Waals surface area contributed by atoms with Crippen LogP contribution in [0.4, 0.5) is 0 Å². The van der Waals surface area contributed by atoms with Crippen LogP contribution in [-0.4, -0.2) is 31.2 Å². The molecule has 0 bridgehead atoms. The molecule has 0 aliphatic heterocycles. The molecule has 0 heterocycles. The molecule has 0 fully saturated rings. The third-order valence-corrected chi connectivity index (χ3v) is 20.3. The van der Waals surface area contributed by atoms with Crippen LogP contribution in [0.25, 0.3) is 0 Å². The summed E-state index contributed by atoms with van der Waals surface area (Å²) < 4.78 is 7.54. The van der Waals surface area contributed by atoms with Crippen LogP contribution in [0.1, 0.15) is 36.8 Å². The number of benzene rings is 4. The Bertz CT molecular complexity index is 1370. The first-order chi connectivity index (χ1) is 21.0. The Morgan fingerprint density at radius 3 is 1.81 bits per heavy atom. The molecule has 0 aliphatic carbocycles. The summed E-state index contributed by atoms with van der Waals surface area (Å²) in [5.74, 6) is 0.0205. The molecule has 4 aromatic rings. The van der Waals surface area contributed by atoms with E-state index in [2.05, 4.69) is 125 Å². The monoisotopic (exact) mass is 707 g/mol. The van der Waals surface area contributed by atoms with E-state index in [1.54, 1.807) is 10.6 Å². The number of nitrogens with two attached hydrogens (primary N) is 3. The average molecular weight is 708 g/mol. The zero-order chi connectivity index (χ0) is 30.2. The zero-order valence-electron chi connectivity index (χ0n) is 24.7. The van der Waals surface area contributed by atoms with Gasteiger partial charge in [0.1, 0.15) is 0 Å². The first kappa shape index (κ1) is 32.6. The summed E-state index contributed by atoms with van der Waals surface area (Å²) in [6.45, 7) is 1.95. The van der Waals surface area contributed by atoms with Crippen LogP contribution < -0.4 is 48.5 Å². The molecular formula is C35H43IN5OP. The molecule has 0 amide bonds. The Morgan fingerprint density at radius 2 is 1.21 bits per heavy atom. The first-order valence-electron chi connectivity index (χ1n) is 14.8. The molecule has 43 heavy (non-hydrogen) atoms. The standard InChI is InChI=1S/C35H43IN5OP/c37-34(38)41-35(39)40-25-24-29-20-22-30(23-21-29)28-42-26-12-1-2-13-27-43(32-16-8-4-9-17-32,33-18-10-5-11-19-33)36-31-14-6-3-7-15-31/h3-11,14-23H,1-2,12-13,24-28H2,(H6,37,38,39,40,41). The van der Waals surface area contributed by atoms with E-state index >= 15 is 0 Å². The van der Waals surface area contributed by atoms with Crippen LogP contribution in [0.2, 0.25) is 0 Å². The van der Waals surface area contributed by atoms with E-state index in [0.717, 1.165) is 19.4 Å². The van der Waals surface area contributed by atoms with Crippen LogP contribution in [-0.2, 0) is 17.8 Å². The fraction of sp³-hybridized carbons (Fsp3) is 0.257. The Balaban J connectivity index is 1.24. The predicted octanol–water partition coefficient (Wildman–Crippen LogP) is 2.44. The molecule has 0 unspecified atom stereocenters. The van der Waals surface area contributed by atoms with Crippen molar-refractivity contribution in [2.45, 2.75) is 38.7 Å². The quantitative estimate of drug-likeness (QED) is 0.0547. The van der Waals surface area contributed by atoms with Gasteiger partial charge < -0.3 is 17.2 Å². The van der Waals surface area contributed by atoms with Crippen molar-refractivity contribution in [1.29, 1.82) is 0 Å². The van der Waals surface area contributed by atoms with Crippen LogP contribution >= 0.6 is 4.90 Å². The molecule has 6 N–H and O–H groups in total. The molecule has 4 rings (SSSR count).